The molecule has 0 aliphatic rings. The molecule has 1 rings (SSSR count). The molecule has 96 valence electrons. The zero-order valence-electron chi connectivity index (χ0n) is 11.9. The highest BCUT2D eigenvalue weighted by Crippen LogP contribution is 2.25. The number of nitrogens with zero attached hydrogens (tertiary/aromatic N) is 2. The smallest absolute Gasteiger partial charge is 0.129 e. The highest BCUT2D eigenvalue weighted by atomic mass is 32.2. The van der Waals surface area contributed by atoms with Crippen molar-refractivity contribution >= 4 is 11.8 Å². The van der Waals surface area contributed by atoms with Crippen LogP contribution in [0.25, 0.3) is 0 Å². The third-order valence-electron chi connectivity index (χ3n) is 2.61. The fraction of sp³-hybridized carbons (Fsp3) is 0.714. The molecule has 0 aliphatic heterocycles. The van der Waals surface area contributed by atoms with Crippen LogP contribution in [0.2, 0.25) is 0 Å². The van der Waals surface area contributed by atoms with Crippen molar-refractivity contribution < 1.29 is 0 Å². The largest absolute Gasteiger partial charge is 0.241 e. The van der Waals surface area contributed by atoms with Crippen LogP contribution in [-0.2, 0) is 12.8 Å². The van der Waals surface area contributed by atoms with Gasteiger partial charge in [-0.3, -0.25) is 0 Å². The first-order valence-corrected chi connectivity index (χ1v) is 7.30. The summed E-state index contributed by atoms with van der Waals surface area (Å²) in [5.74, 6) is 0.964. The van der Waals surface area contributed by atoms with E-state index in [4.69, 9.17) is 0 Å². The number of hydrogen-bond acceptors (Lipinski definition) is 3. The van der Waals surface area contributed by atoms with Crippen LogP contribution in [0.4, 0.5) is 0 Å². The van der Waals surface area contributed by atoms with E-state index in [-0.39, 0.29) is 10.2 Å². The van der Waals surface area contributed by atoms with Gasteiger partial charge in [-0.2, -0.15) is 11.8 Å². The van der Waals surface area contributed by atoms with Gasteiger partial charge in [0.25, 0.3) is 0 Å². The Morgan fingerprint density at radius 3 is 2.29 bits per heavy atom. The van der Waals surface area contributed by atoms with Gasteiger partial charge >= 0.3 is 0 Å². The fourth-order valence-electron chi connectivity index (χ4n) is 1.62. The van der Waals surface area contributed by atoms with Crippen LogP contribution in [0.1, 0.15) is 46.1 Å². The first kappa shape index (κ1) is 14.5. The van der Waals surface area contributed by atoms with Gasteiger partial charge in [-0.25, -0.2) is 9.97 Å². The van der Waals surface area contributed by atoms with Crippen molar-refractivity contribution in [2.24, 2.45) is 5.41 Å². The number of aromatic nitrogens is 2. The maximum Gasteiger partial charge on any atom is 0.129 e. The van der Waals surface area contributed by atoms with E-state index in [1.54, 1.807) is 0 Å². The van der Waals surface area contributed by atoms with Crippen molar-refractivity contribution in [2.75, 3.05) is 6.26 Å². The molecular weight excluding hydrogens is 228 g/mol. The number of rotatable bonds is 4. The van der Waals surface area contributed by atoms with Crippen molar-refractivity contribution in [3.63, 3.8) is 0 Å². The summed E-state index contributed by atoms with van der Waals surface area (Å²) in [6, 6.07) is 2.03. The minimum atomic E-state index is 0.209. The van der Waals surface area contributed by atoms with E-state index in [9.17, 15) is 0 Å². The van der Waals surface area contributed by atoms with Gasteiger partial charge in [0.1, 0.15) is 5.82 Å². The molecule has 3 heteroatoms. The van der Waals surface area contributed by atoms with Crippen LogP contribution in [0, 0.1) is 5.41 Å². The molecule has 1 aromatic rings. The molecule has 0 fully saturated rings. The third kappa shape index (κ3) is 5.53. The molecule has 0 radical (unpaired) electrons. The molecule has 1 aromatic heterocycles. The first-order chi connectivity index (χ1) is 7.72. The summed E-state index contributed by atoms with van der Waals surface area (Å²) >= 11 is 1.86. The number of thioether (sulfide) groups is 1. The van der Waals surface area contributed by atoms with Crippen molar-refractivity contribution in [3.05, 3.63) is 23.8 Å². The lowest BCUT2D eigenvalue weighted by atomic mass is 9.90. The molecule has 17 heavy (non-hydrogen) atoms. The zero-order chi connectivity index (χ0) is 13.1. The number of hydrogen-bond donors (Lipinski definition) is 0. The maximum atomic E-state index is 4.67. The fourth-order valence-corrected chi connectivity index (χ4v) is 1.89. The Bertz CT molecular complexity index is 367. The minimum Gasteiger partial charge on any atom is -0.241 e. The van der Waals surface area contributed by atoms with Crippen molar-refractivity contribution in [1.82, 2.24) is 9.97 Å². The second-order valence-corrected chi connectivity index (χ2v) is 7.86. The Kier molecular flexibility index (Phi) is 4.59. The molecule has 0 aromatic carbocycles. The average molecular weight is 252 g/mol. The molecule has 0 saturated carbocycles. The Hall–Kier alpha value is -0.570. The summed E-state index contributed by atoms with van der Waals surface area (Å²) < 4.78 is 0.209. The van der Waals surface area contributed by atoms with Gasteiger partial charge in [-0.05, 0) is 24.2 Å². The van der Waals surface area contributed by atoms with Crippen LogP contribution in [0.3, 0.4) is 0 Å². The quantitative estimate of drug-likeness (QED) is 0.816. The predicted molar refractivity (Wildman–Crippen MR) is 76.5 cm³/mol. The summed E-state index contributed by atoms with van der Waals surface area (Å²) in [5.41, 5.74) is 1.43. The van der Waals surface area contributed by atoms with E-state index in [0.717, 1.165) is 24.4 Å². The average Bonchev–Trinajstić information content (AvgIpc) is 2.14. The van der Waals surface area contributed by atoms with E-state index in [0.29, 0.717) is 0 Å². The second kappa shape index (κ2) is 5.38. The van der Waals surface area contributed by atoms with E-state index in [1.807, 2.05) is 24.0 Å². The molecule has 2 nitrogen and oxygen atoms in total. The van der Waals surface area contributed by atoms with Crippen molar-refractivity contribution in [1.29, 1.82) is 0 Å². The van der Waals surface area contributed by atoms with Crippen LogP contribution in [0.5, 0.6) is 0 Å². The van der Waals surface area contributed by atoms with Gasteiger partial charge in [-0.1, -0.05) is 34.6 Å². The van der Waals surface area contributed by atoms with Crippen LogP contribution >= 0.6 is 11.8 Å². The topological polar surface area (TPSA) is 25.8 Å². The summed E-state index contributed by atoms with van der Waals surface area (Å²) in [5, 5.41) is 0. The van der Waals surface area contributed by atoms with Crippen molar-refractivity contribution in [2.45, 2.75) is 52.2 Å². The summed E-state index contributed by atoms with van der Waals surface area (Å²) in [4.78, 5) is 9.04. The standard InChI is InChI=1S/C14H24N2S/c1-13(2,3)9-11-7-8-15-12(16-11)10-14(4,5)17-6/h7-8H,9-10H2,1-6H3. The summed E-state index contributed by atoms with van der Waals surface area (Å²) in [6.07, 6.45) is 5.95. The monoisotopic (exact) mass is 252 g/mol. The highest BCUT2D eigenvalue weighted by molar-refractivity contribution is 7.99. The lowest BCUT2D eigenvalue weighted by Crippen LogP contribution is -2.20. The summed E-state index contributed by atoms with van der Waals surface area (Å²) in [6.45, 7) is 11.2. The van der Waals surface area contributed by atoms with E-state index in [2.05, 4.69) is 50.8 Å². The van der Waals surface area contributed by atoms with Crippen LogP contribution < -0.4 is 0 Å². The predicted octanol–water partition coefficient (Wildman–Crippen LogP) is 3.75. The van der Waals surface area contributed by atoms with Gasteiger partial charge in [0, 0.05) is 23.1 Å². The third-order valence-corrected chi connectivity index (χ3v) is 3.86. The van der Waals surface area contributed by atoms with Gasteiger partial charge in [0.15, 0.2) is 0 Å². The second-order valence-electron chi connectivity index (χ2n) is 6.34. The van der Waals surface area contributed by atoms with Gasteiger partial charge in [0.2, 0.25) is 0 Å². The molecule has 0 atom stereocenters. The lowest BCUT2D eigenvalue weighted by molar-refractivity contribution is 0.405. The summed E-state index contributed by atoms with van der Waals surface area (Å²) in [7, 11) is 0. The van der Waals surface area contributed by atoms with E-state index in [1.165, 1.54) is 0 Å². The molecule has 1 heterocycles. The van der Waals surface area contributed by atoms with E-state index < -0.39 is 0 Å². The molecule has 0 saturated heterocycles. The molecule has 0 unspecified atom stereocenters. The molecule has 0 aliphatic carbocycles. The van der Waals surface area contributed by atoms with Gasteiger partial charge in [-0.15, -0.1) is 0 Å². The Morgan fingerprint density at radius 2 is 1.76 bits per heavy atom. The van der Waals surface area contributed by atoms with Crippen molar-refractivity contribution in [3.8, 4) is 0 Å². The van der Waals surface area contributed by atoms with Crippen LogP contribution in [0.15, 0.2) is 12.3 Å². The Balaban J connectivity index is 2.80. The maximum absolute atomic E-state index is 4.67. The van der Waals surface area contributed by atoms with E-state index >= 15 is 0 Å². The van der Waals surface area contributed by atoms with Crippen LogP contribution in [-0.4, -0.2) is 21.0 Å². The molecular formula is C14H24N2S. The lowest BCUT2D eigenvalue weighted by Gasteiger charge is -2.21. The Labute approximate surface area is 110 Å². The Morgan fingerprint density at radius 1 is 1.12 bits per heavy atom. The molecule has 0 amide bonds. The normalized spacial score (nSPS) is 12.8. The molecule has 0 bridgehead atoms. The molecule has 0 spiro atoms. The SMILES string of the molecule is CSC(C)(C)Cc1nccc(CC(C)(C)C)n1. The zero-order valence-corrected chi connectivity index (χ0v) is 12.7. The van der Waals surface area contributed by atoms with Gasteiger partial charge < -0.3 is 0 Å². The first-order valence-electron chi connectivity index (χ1n) is 6.08. The minimum absolute atomic E-state index is 0.209. The highest BCUT2D eigenvalue weighted by Gasteiger charge is 2.19. The van der Waals surface area contributed by atoms with Gasteiger partial charge in [0.05, 0.1) is 0 Å². The molecule has 0 N–H and O–H groups in total.